The molecule has 2 heterocycles. The fourth-order valence-corrected chi connectivity index (χ4v) is 2.06. The highest BCUT2D eigenvalue weighted by atomic mass is 15.3. The summed E-state index contributed by atoms with van der Waals surface area (Å²) in [7, 11) is 0. The van der Waals surface area contributed by atoms with Gasteiger partial charge in [-0.2, -0.15) is 5.10 Å². The van der Waals surface area contributed by atoms with E-state index in [1.54, 1.807) is 6.20 Å². The molecule has 0 aliphatic heterocycles. The summed E-state index contributed by atoms with van der Waals surface area (Å²) >= 11 is 0. The third-order valence-electron chi connectivity index (χ3n) is 2.90. The van der Waals surface area contributed by atoms with Gasteiger partial charge >= 0.3 is 0 Å². The molecule has 0 fully saturated rings. The van der Waals surface area contributed by atoms with Gasteiger partial charge in [0.1, 0.15) is 18.0 Å². The predicted molar refractivity (Wildman–Crippen MR) is 75.8 cm³/mol. The molecular formula is C13H20N6. The number of nitrogens with zero attached hydrogens (tertiary/aromatic N) is 4. The van der Waals surface area contributed by atoms with Crippen LogP contribution in [0.2, 0.25) is 0 Å². The summed E-state index contributed by atoms with van der Waals surface area (Å²) in [6.45, 7) is 7.02. The highest BCUT2D eigenvalue weighted by Gasteiger charge is 2.14. The molecule has 19 heavy (non-hydrogen) atoms. The Hall–Kier alpha value is -2.11. The first-order chi connectivity index (χ1) is 9.08. The third kappa shape index (κ3) is 3.21. The van der Waals surface area contributed by atoms with Crippen LogP contribution in [0.4, 0.5) is 11.6 Å². The number of nitrogens with two attached hydrogens (primary N) is 1. The van der Waals surface area contributed by atoms with Crippen LogP contribution in [0.15, 0.2) is 24.8 Å². The highest BCUT2D eigenvalue weighted by molar-refractivity contribution is 5.56. The van der Waals surface area contributed by atoms with E-state index < -0.39 is 0 Å². The number of hydrogen-bond donors (Lipinski definition) is 2. The van der Waals surface area contributed by atoms with Gasteiger partial charge in [-0.15, -0.1) is 0 Å². The first kappa shape index (κ1) is 13.3. The van der Waals surface area contributed by atoms with Crippen molar-refractivity contribution in [2.75, 3.05) is 11.1 Å². The van der Waals surface area contributed by atoms with E-state index in [1.807, 2.05) is 16.9 Å². The monoisotopic (exact) mass is 260 g/mol. The van der Waals surface area contributed by atoms with Gasteiger partial charge in [-0.05, 0) is 18.9 Å². The molecule has 0 saturated heterocycles. The lowest BCUT2D eigenvalue weighted by molar-refractivity contribution is 0.559. The minimum Gasteiger partial charge on any atom is -0.383 e. The zero-order chi connectivity index (χ0) is 13.8. The lowest BCUT2D eigenvalue weighted by atomic mass is 10.0. The molecular weight excluding hydrogens is 240 g/mol. The summed E-state index contributed by atoms with van der Waals surface area (Å²) in [4.78, 5) is 8.35. The number of nitrogen functional groups attached to an aromatic ring is 1. The molecule has 1 unspecified atom stereocenters. The molecule has 2 aromatic rings. The van der Waals surface area contributed by atoms with Crippen LogP contribution in [-0.4, -0.2) is 25.8 Å². The summed E-state index contributed by atoms with van der Waals surface area (Å²) in [5.41, 5.74) is 6.89. The molecule has 102 valence electrons. The first-order valence-corrected chi connectivity index (χ1v) is 6.42. The maximum absolute atomic E-state index is 5.93. The van der Waals surface area contributed by atoms with Crippen LogP contribution >= 0.6 is 0 Å². The van der Waals surface area contributed by atoms with E-state index in [4.69, 9.17) is 5.73 Å². The van der Waals surface area contributed by atoms with Crippen LogP contribution in [0.3, 0.4) is 0 Å². The Bertz CT molecular complexity index is 520. The van der Waals surface area contributed by atoms with Crippen molar-refractivity contribution in [2.45, 2.75) is 39.3 Å². The second-order valence-electron chi connectivity index (χ2n) is 4.95. The Labute approximate surface area is 113 Å². The molecule has 6 nitrogen and oxygen atoms in total. The van der Waals surface area contributed by atoms with Crippen LogP contribution < -0.4 is 11.1 Å². The van der Waals surface area contributed by atoms with Crippen LogP contribution in [0.1, 0.15) is 32.3 Å². The topological polar surface area (TPSA) is 81.7 Å². The van der Waals surface area contributed by atoms with Gasteiger partial charge in [-0.3, -0.25) is 4.68 Å². The fraction of sp³-hybridized carbons (Fsp3) is 0.462. The minimum atomic E-state index is 0.201. The van der Waals surface area contributed by atoms with Gasteiger partial charge in [-0.25, -0.2) is 9.97 Å². The van der Waals surface area contributed by atoms with Gasteiger partial charge in [0.2, 0.25) is 0 Å². The van der Waals surface area contributed by atoms with Crippen molar-refractivity contribution in [2.24, 2.45) is 0 Å². The fourth-order valence-electron chi connectivity index (χ4n) is 2.06. The quantitative estimate of drug-likeness (QED) is 0.857. The summed E-state index contributed by atoms with van der Waals surface area (Å²) in [6, 6.07) is 2.11. The Morgan fingerprint density at radius 2 is 2.11 bits per heavy atom. The number of aromatic nitrogens is 4. The Kier molecular flexibility index (Phi) is 3.99. The molecule has 2 aromatic heterocycles. The van der Waals surface area contributed by atoms with E-state index in [0.717, 1.165) is 17.9 Å². The summed E-state index contributed by atoms with van der Waals surface area (Å²) < 4.78 is 1.89. The summed E-state index contributed by atoms with van der Waals surface area (Å²) in [5.74, 6) is 1.63. The SMILES string of the molecule is CC(Cn1cccn1)Nc1ncnc(N)c1C(C)C. The van der Waals surface area contributed by atoms with Gasteiger partial charge in [0, 0.05) is 24.0 Å². The van der Waals surface area contributed by atoms with Crippen molar-refractivity contribution in [1.29, 1.82) is 0 Å². The summed E-state index contributed by atoms with van der Waals surface area (Å²) in [5, 5.41) is 7.57. The van der Waals surface area contributed by atoms with Gasteiger partial charge in [-0.1, -0.05) is 13.8 Å². The minimum absolute atomic E-state index is 0.201. The van der Waals surface area contributed by atoms with Gasteiger partial charge in [0.15, 0.2) is 0 Å². The predicted octanol–water partition coefficient (Wildman–Crippen LogP) is 1.88. The average molecular weight is 260 g/mol. The molecule has 0 aliphatic rings. The van der Waals surface area contributed by atoms with Gasteiger partial charge in [0.25, 0.3) is 0 Å². The number of hydrogen-bond acceptors (Lipinski definition) is 5. The van der Waals surface area contributed by atoms with E-state index in [-0.39, 0.29) is 12.0 Å². The molecule has 2 rings (SSSR count). The maximum Gasteiger partial charge on any atom is 0.135 e. The second-order valence-corrected chi connectivity index (χ2v) is 4.95. The van der Waals surface area contributed by atoms with Crippen molar-refractivity contribution in [3.8, 4) is 0 Å². The molecule has 1 atom stereocenters. The van der Waals surface area contributed by atoms with E-state index in [1.165, 1.54) is 6.33 Å². The number of rotatable bonds is 5. The average Bonchev–Trinajstić information content (AvgIpc) is 2.81. The van der Waals surface area contributed by atoms with Crippen molar-refractivity contribution < 1.29 is 0 Å². The van der Waals surface area contributed by atoms with Crippen molar-refractivity contribution in [3.63, 3.8) is 0 Å². The molecule has 0 radical (unpaired) electrons. The molecule has 0 spiro atoms. The van der Waals surface area contributed by atoms with Crippen LogP contribution in [-0.2, 0) is 6.54 Å². The third-order valence-corrected chi connectivity index (χ3v) is 2.90. The zero-order valence-corrected chi connectivity index (χ0v) is 11.5. The number of nitrogens with one attached hydrogen (secondary N) is 1. The smallest absolute Gasteiger partial charge is 0.135 e. The lowest BCUT2D eigenvalue weighted by Gasteiger charge is -2.19. The van der Waals surface area contributed by atoms with E-state index >= 15 is 0 Å². The zero-order valence-electron chi connectivity index (χ0n) is 11.5. The van der Waals surface area contributed by atoms with E-state index in [9.17, 15) is 0 Å². The molecule has 0 saturated carbocycles. The normalized spacial score (nSPS) is 12.6. The molecule has 0 aromatic carbocycles. The van der Waals surface area contributed by atoms with E-state index in [2.05, 4.69) is 41.2 Å². The van der Waals surface area contributed by atoms with Crippen molar-refractivity contribution in [1.82, 2.24) is 19.7 Å². The lowest BCUT2D eigenvalue weighted by Crippen LogP contribution is -2.24. The Morgan fingerprint density at radius 3 is 2.74 bits per heavy atom. The second kappa shape index (κ2) is 5.69. The Balaban J connectivity index is 2.12. The van der Waals surface area contributed by atoms with Crippen LogP contribution in [0.5, 0.6) is 0 Å². The molecule has 6 heteroatoms. The maximum atomic E-state index is 5.93. The Morgan fingerprint density at radius 1 is 1.32 bits per heavy atom. The van der Waals surface area contributed by atoms with Gasteiger partial charge in [0.05, 0.1) is 6.54 Å². The largest absolute Gasteiger partial charge is 0.383 e. The standard InChI is InChI=1S/C13H20N6/c1-9(2)11-12(14)15-8-16-13(11)18-10(3)7-19-6-4-5-17-19/h4-6,8-10H,7H2,1-3H3,(H3,14,15,16,18). The number of anilines is 2. The summed E-state index contributed by atoms with van der Waals surface area (Å²) in [6.07, 6.45) is 5.20. The van der Waals surface area contributed by atoms with E-state index in [0.29, 0.717) is 5.82 Å². The molecule has 3 N–H and O–H groups in total. The van der Waals surface area contributed by atoms with Gasteiger partial charge < -0.3 is 11.1 Å². The van der Waals surface area contributed by atoms with Crippen molar-refractivity contribution in [3.05, 3.63) is 30.4 Å². The molecule has 0 aliphatic carbocycles. The van der Waals surface area contributed by atoms with Crippen molar-refractivity contribution >= 4 is 11.6 Å². The molecule has 0 bridgehead atoms. The highest BCUT2D eigenvalue weighted by Crippen LogP contribution is 2.26. The van der Waals surface area contributed by atoms with Crippen LogP contribution in [0, 0.1) is 0 Å². The van der Waals surface area contributed by atoms with Crippen LogP contribution in [0.25, 0.3) is 0 Å². The molecule has 0 amide bonds. The first-order valence-electron chi connectivity index (χ1n) is 6.42.